The number of isothiocyanates is 1. The maximum atomic E-state index is 4.56. The molecular formula is C14H12N2S. The molecule has 0 atom stereocenters. The zero-order chi connectivity index (χ0) is 12.1. The summed E-state index contributed by atoms with van der Waals surface area (Å²) in [7, 11) is 0. The van der Waals surface area contributed by atoms with Gasteiger partial charge in [0.15, 0.2) is 0 Å². The summed E-state index contributed by atoms with van der Waals surface area (Å²) in [6.45, 7) is 2.12. The van der Waals surface area contributed by atoms with E-state index in [0.717, 1.165) is 23.4 Å². The molecule has 17 heavy (non-hydrogen) atoms. The second-order valence-corrected chi connectivity index (χ2v) is 3.84. The topological polar surface area (TPSA) is 25.2 Å². The minimum absolute atomic E-state index is 0.814. The van der Waals surface area contributed by atoms with Gasteiger partial charge in [-0.05, 0) is 42.4 Å². The second-order valence-electron chi connectivity index (χ2n) is 3.66. The van der Waals surface area contributed by atoms with Crippen LogP contribution in [0.1, 0.15) is 12.5 Å². The molecule has 0 saturated carbocycles. The van der Waals surface area contributed by atoms with Crippen LogP contribution < -0.4 is 0 Å². The van der Waals surface area contributed by atoms with E-state index in [4.69, 9.17) is 0 Å². The number of hydrogen-bond acceptors (Lipinski definition) is 3. The summed E-state index contributed by atoms with van der Waals surface area (Å²) in [5, 5.41) is 2.35. The lowest BCUT2D eigenvalue weighted by molar-refractivity contribution is 1.11. The van der Waals surface area contributed by atoms with Gasteiger partial charge in [-0.15, -0.1) is 0 Å². The van der Waals surface area contributed by atoms with Crippen molar-refractivity contribution in [2.24, 2.45) is 4.99 Å². The van der Waals surface area contributed by atoms with Crippen LogP contribution >= 0.6 is 12.2 Å². The maximum Gasteiger partial charge on any atom is 0.0740 e. The molecule has 0 fully saturated rings. The number of rotatable bonds is 3. The van der Waals surface area contributed by atoms with Gasteiger partial charge in [0, 0.05) is 11.8 Å². The lowest BCUT2D eigenvalue weighted by Gasteiger charge is -2.02. The summed E-state index contributed by atoms with van der Waals surface area (Å²) < 4.78 is 0. The first kappa shape index (κ1) is 11.6. The van der Waals surface area contributed by atoms with Gasteiger partial charge in [0.05, 0.1) is 16.5 Å². The van der Waals surface area contributed by atoms with Crippen molar-refractivity contribution in [1.82, 2.24) is 4.98 Å². The van der Waals surface area contributed by atoms with Gasteiger partial charge in [0.1, 0.15) is 0 Å². The Kier molecular flexibility index (Phi) is 3.76. The van der Waals surface area contributed by atoms with Gasteiger partial charge < -0.3 is 0 Å². The lowest BCUT2D eigenvalue weighted by Crippen LogP contribution is -1.86. The molecule has 2 rings (SSSR count). The van der Waals surface area contributed by atoms with E-state index in [1.165, 1.54) is 5.56 Å². The van der Waals surface area contributed by atoms with Gasteiger partial charge in [-0.1, -0.05) is 25.1 Å². The van der Waals surface area contributed by atoms with E-state index in [2.05, 4.69) is 40.3 Å². The second kappa shape index (κ2) is 5.48. The highest BCUT2D eigenvalue weighted by Gasteiger charge is 1.99. The molecule has 0 aliphatic rings. The van der Waals surface area contributed by atoms with Gasteiger partial charge in [0.2, 0.25) is 0 Å². The van der Waals surface area contributed by atoms with E-state index in [1.54, 1.807) is 0 Å². The van der Waals surface area contributed by atoms with Crippen LogP contribution in [0.5, 0.6) is 0 Å². The summed E-state index contributed by atoms with van der Waals surface area (Å²) in [4.78, 5) is 8.34. The van der Waals surface area contributed by atoms with Gasteiger partial charge in [-0.3, -0.25) is 4.98 Å². The summed E-state index contributed by atoms with van der Waals surface area (Å²) in [6.07, 6.45) is 2.92. The largest absolute Gasteiger partial charge is 0.256 e. The normalized spacial score (nSPS) is 9.71. The fourth-order valence-electron chi connectivity index (χ4n) is 1.56. The first-order valence-corrected chi connectivity index (χ1v) is 5.87. The predicted octanol–water partition coefficient (Wildman–Crippen LogP) is 4.05. The van der Waals surface area contributed by atoms with E-state index in [9.17, 15) is 0 Å². The zero-order valence-corrected chi connectivity index (χ0v) is 10.4. The van der Waals surface area contributed by atoms with E-state index < -0.39 is 0 Å². The Morgan fingerprint density at radius 2 is 1.94 bits per heavy atom. The highest BCUT2D eigenvalue weighted by molar-refractivity contribution is 7.78. The van der Waals surface area contributed by atoms with Crippen molar-refractivity contribution in [2.45, 2.75) is 13.3 Å². The average Bonchev–Trinajstić information content (AvgIpc) is 2.40. The number of pyridine rings is 1. The number of hydrogen-bond donors (Lipinski definition) is 0. The molecule has 2 aromatic rings. The molecule has 84 valence electrons. The third-order valence-electron chi connectivity index (χ3n) is 2.57. The maximum absolute atomic E-state index is 4.56. The minimum atomic E-state index is 0.814. The highest BCUT2D eigenvalue weighted by Crippen LogP contribution is 2.20. The van der Waals surface area contributed by atoms with Crippen LogP contribution in [0, 0.1) is 0 Å². The van der Waals surface area contributed by atoms with Crippen LogP contribution in [0.15, 0.2) is 47.6 Å². The van der Waals surface area contributed by atoms with Crippen molar-refractivity contribution >= 4 is 23.1 Å². The Morgan fingerprint density at radius 3 is 2.47 bits per heavy atom. The van der Waals surface area contributed by atoms with Gasteiger partial charge in [0.25, 0.3) is 0 Å². The molecule has 0 amide bonds. The van der Waals surface area contributed by atoms with Gasteiger partial charge >= 0.3 is 0 Å². The lowest BCUT2D eigenvalue weighted by atomic mass is 10.1. The molecule has 0 bridgehead atoms. The Morgan fingerprint density at radius 1 is 1.18 bits per heavy atom. The average molecular weight is 240 g/mol. The fourth-order valence-corrected chi connectivity index (χ4v) is 1.67. The van der Waals surface area contributed by atoms with Crippen molar-refractivity contribution < 1.29 is 0 Å². The molecule has 2 nitrogen and oxygen atoms in total. The standard InChI is InChI=1S/C14H12N2S/c1-2-11-3-8-14(15-9-11)12-4-6-13(7-5-12)16-10-17/h3-9H,2H2,1H3. The number of benzene rings is 1. The first-order valence-electron chi connectivity index (χ1n) is 5.46. The minimum Gasteiger partial charge on any atom is -0.256 e. The van der Waals surface area contributed by atoms with E-state index in [0.29, 0.717) is 0 Å². The number of aromatic nitrogens is 1. The van der Waals surface area contributed by atoms with Crippen molar-refractivity contribution in [2.75, 3.05) is 0 Å². The molecule has 0 aliphatic heterocycles. The number of aryl methyl sites for hydroxylation is 1. The van der Waals surface area contributed by atoms with Crippen LogP contribution in [0.3, 0.4) is 0 Å². The predicted molar refractivity (Wildman–Crippen MR) is 73.7 cm³/mol. The molecule has 0 radical (unpaired) electrons. The quantitative estimate of drug-likeness (QED) is 0.597. The van der Waals surface area contributed by atoms with Crippen molar-refractivity contribution in [1.29, 1.82) is 0 Å². The summed E-state index contributed by atoms with van der Waals surface area (Å²) in [5.74, 6) is 0. The van der Waals surface area contributed by atoms with Crippen molar-refractivity contribution in [3.8, 4) is 11.3 Å². The smallest absolute Gasteiger partial charge is 0.0740 e. The molecule has 1 aromatic carbocycles. The molecule has 0 spiro atoms. The number of aliphatic imine (C=N–C) groups is 1. The van der Waals surface area contributed by atoms with Crippen LogP contribution in [0.2, 0.25) is 0 Å². The molecule has 3 heteroatoms. The van der Waals surface area contributed by atoms with E-state index >= 15 is 0 Å². The Labute approximate surface area is 106 Å². The Balaban J connectivity index is 2.29. The Bertz CT molecular complexity index is 537. The van der Waals surface area contributed by atoms with Crippen LogP contribution in [0.25, 0.3) is 11.3 Å². The van der Waals surface area contributed by atoms with Crippen LogP contribution in [-0.4, -0.2) is 10.1 Å². The monoisotopic (exact) mass is 240 g/mol. The van der Waals surface area contributed by atoms with E-state index in [1.807, 2.05) is 36.5 Å². The number of nitrogens with zero attached hydrogens (tertiary/aromatic N) is 2. The Hall–Kier alpha value is -1.83. The molecule has 1 heterocycles. The third kappa shape index (κ3) is 2.84. The summed E-state index contributed by atoms with van der Waals surface area (Å²) in [5.41, 5.74) is 4.11. The molecule has 0 saturated heterocycles. The fraction of sp³-hybridized carbons (Fsp3) is 0.143. The SMILES string of the molecule is CCc1ccc(-c2ccc(N=C=S)cc2)nc1. The molecule has 0 N–H and O–H groups in total. The summed E-state index contributed by atoms with van der Waals surface area (Å²) in [6, 6.07) is 11.9. The summed E-state index contributed by atoms with van der Waals surface area (Å²) >= 11 is 4.56. The molecule has 1 aromatic heterocycles. The third-order valence-corrected chi connectivity index (χ3v) is 2.66. The van der Waals surface area contributed by atoms with Crippen molar-refractivity contribution in [3.63, 3.8) is 0 Å². The zero-order valence-electron chi connectivity index (χ0n) is 9.55. The highest BCUT2D eigenvalue weighted by atomic mass is 32.1. The van der Waals surface area contributed by atoms with Crippen LogP contribution in [-0.2, 0) is 6.42 Å². The first-order chi connectivity index (χ1) is 8.33. The molecular weight excluding hydrogens is 228 g/mol. The number of thiocarbonyl (C=S) groups is 1. The van der Waals surface area contributed by atoms with Gasteiger partial charge in [-0.2, -0.15) is 4.99 Å². The van der Waals surface area contributed by atoms with Gasteiger partial charge in [-0.25, -0.2) is 0 Å². The molecule has 0 unspecified atom stereocenters. The van der Waals surface area contributed by atoms with Crippen LogP contribution in [0.4, 0.5) is 5.69 Å². The van der Waals surface area contributed by atoms with E-state index in [-0.39, 0.29) is 0 Å². The molecule has 0 aliphatic carbocycles. The van der Waals surface area contributed by atoms with Crippen molar-refractivity contribution in [3.05, 3.63) is 48.2 Å².